The van der Waals surface area contributed by atoms with E-state index in [-0.39, 0.29) is 40.3 Å². The normalized spacial score (nSPS) is 21.9. The number of ether oxygens (including phenoxy) is 1. The van der Waals surface area contributed by atoms with Crippen LogP contribution in [0.25, 0.3) is 11.0 Å². The van der Waals surface area contributed by atoms with Gasteiger partial charge in [0.1, 0.15) is 22.8 Å². The second-order valence-electron chi connectivity index (χ2n) is 21.3. The van der Waals surface area contributed by atoms with E-state index in [1.165, 1.54) is 35.5 Å². The number of nitro benzene ring substituents is 1. The highest BCUT2D eigenvalue weighted by molar-refractivity contribution is 7.90. The van der Waals surface area contributed by atoms with Crippen molar-refractivity contribution < 1.29 is 36.4 Å². The molecule has 1 spiro atoms. The monoisotopic (exact) mass is 1040 g/mol. The van der Waals surface area contributed by atoms with Crippen LogP contribution in [0.5, 0.6) is 11.5 Å². The lowest BCUT2D eigenvalue weighted by Crippen LogP contribution is -2.60. The summed E-state index contributed by atoms with van der Waals surface area (Å²) < 4.78 is 65.8. The molecule has 6 aromatic rings. The van der Waals surface area contributed by atoms with Crippen molar-refractivity contribution in [2.45, 2.75) is 106 Å². The number of pyridine rings is 1. The Balaban J connectivity index is 0.842. The molecule has 0 radical (unpaired) electrons. The predicted molar refractivity (Wildman–Crippen MR) is 284 cm³/mol. The molecule has 74 heavy (non-hydrogen) atoms. The third-order valence-electron chi connectivity index (χ3n) is 16.0. The number of hydrogen-bond donors (Lipinski definition) is 4. The van der Waals surface area contributed by atoms with Gasteiger partial charge in [-0.2, -0.15) is 4.31 Å². The standard InChI is InChI=1S/C55H64N8O9S2/c1-37(2)45-11-7-8-12-46(45)50-36-61(74(70,71)43-9-5-4-6-10-43)27-28-62(50)41-32-55(33-41)22-25-60(26-23-55)40-13-15-47(51(30-40)72-42-29-39-19-24-56-52(39)58-35-42)53(64)59-73(68,69)44-14-16-48(49(31-44)63(66)67)57-34-38-17-20-54(3,65)21-18-38/h4-16,19,24,29-31,35,37-38,41,50,57,65H,17-18,20-23,25-28,32-34,36H2,1-3H3,(H,56,58)(H,59,64). The van der Waals surface area contributed by atoms with Crippen molar-refractivity contribution in [1.82, 2.24) is 23.9 Å². The molecule has 2 aliphatic heterocycles. The molecule has 19 heteroatoms. The average Bonchev–Trinajstić information content (AvgIpc) is 3.86. The summed E-state index contributed by atoms with van der Waals surface area (Å²) in [6.07, 6.45) is 9.85. The van der Waals surface area contributed by atoms with Gasteiger partial charge >= 0.3 is 0 Å². The van der Waals surface area contributed by atoms with Gasteiger partial charge in [-0.1, -0.05) is 56.3 Å². The van der Waals surface area contributed by atoms with E-state index in [4.69, 9.17) is 4.74 Å². The third kappa shape index (κ3) is 10.6. The molecule has 2 saturated heterocycles. The Morgan fingerprint density at radius 1 is 0.892 bits per heavy atom. The molecule has 4 fully saturated rings. The molecule has 4 heterocycles. The number of hydrogen-bond acceptors (Lipinski definition) is 13. The zero-order chi connectivity index (χ0) is 52.0. The van der Waals surface area contributed by atoms with Gasteiger partial charge in [0.05, 0.1) is 32.1 Å². The average molecular weight is 1050 g/mol. The highest BCUT2D eigenvalue weighted by Gasteiger charge is 2.51. The van der Waals surface area contributed by atoms with E-state index in [0.717, 1.165) is 68.8 Å². The predicted octanol–water partition coefficient (Wildman–Crippen LogP) is 9.36. The lowest BCUT2D eigenvalue weighted by Gasteiger charge is -2.58. The van der Waals surface area contributed by atoms with Crippen LogP contribution in [0, 0.1) is 21.4 Å². The Labute approximate surface area is 432 Å². The molecule has 1 unspecified atom stereocenters. The number of aromatic nitrogens is 2. The summed E-state index contributed by atoms with van der Waals surface area (Å²) in [6, 6.07) is 29.5. The van der Waals surface area contributed by atoms with Crippen molar-refractivity contribution in [3.8, 4) is 11.5 Å². The van der Waals surface area contributed by atoms with Gasteiger partial charge in [-0.05, 0) is 135 Å². The Hall–Kier alpha value is -6.38. The molecule has 4 aromatic carbocycles. The van der Waals surface area contributed by atoms with Crippen LogP contribution in [0.1, 0.15) is 106 Å². The molecular weight excluding hydrogens is 981 g/mol. The van der Waals surface area contributed by atoms with Crippen molar-refractivity contribution in [1.29, 1.82) is 0 Å². The topological polar surface area (TPSA) is 220 Å². The fourth-order valence-electron chi connectivity index (χ4n) is 11.7. The van der Waals surface area contributed by atoms with Crippen LogP contribution in [-0.2, 0) is 20.0 Å². The van der Waals surface area contributed by atoms with Crippen LogP contribution in [-0.4, -0.2) is 103 Å². The number of H-pyrrole nitrogens is 1. The number of amides is 1. The number of piperidine rings is 1. The van der Waals surface area contributed by atoms with E-state index in [1.54, 1.807) is 59.9 Å². The summed E-state index contributed by atoms with van der Waals surface area (Å²) in [5, 5.41) is 26.4. The third-order valence-corrected chi connectivity index (χ3v) is 19.2. The van der Waals surface area contributed by atoms with E-state index < -0.39 is 47.1 Å². The minimum Gasteiger partial charge on any atom is -0.455 e. The van der Waals surface area contributed by atoms with Gasteiger partial charge in [0.25, 0.3) is 21.6 Å². The van der Waals surface area contributed by atoms with Gasteiger partial charge in [-0.15, -0.1) is 0 Å². The second-order valence-corrected chi connectivity index (χ2v) is 24.9. The number of benzene rings is 4. The lowest BCUT2D eigenvalue weighted by atomic mass is 9.59. The molecular formula is C55H64N8O9S2. The maximum Gasteiger partial charge on any atom is 0.293 e. The summed E-state index contributed by atoms with van der Waals surface area (Å²) >= 11 is 0. The highest BCUT2D eigenvalue weighted by Crippen LogP contribution is 2.53. The first-order valence-electron chi connectivity index (χ1n) is 25.6. The van der Waals surface area contributed by atoms with E-state index in [9.17, 15) is 36.9 Å². The van der Waals surface area contributed by atoms with E-state index in [1.807, 2.05) is 12.1 Å². The number of fused-ring (bicyclic) bond motifs is 1. The first-order chi connectivity index (χ1) is 35.4. The molecule has 0 bridgehead atoms. The maximum absolute atomic E-state index is 14.1. The summed E-state index contributed by atoms with van der Waals surface area (Å²) in [5.41, 5.74) is 2.87. The maximum atomic E-state index is 14.1. The quantitative estimate of drug-likeness (QED) is 0.0557. The molecule has 17 nitrogen and oxygen atoms in total. The van der Waals surface area contributed by atoms with Crippen molar-refractivity contribution in [2.24, 2.45) is 11.3 Å². The summed E-state index contributed by atoms with van der Waals surface area (Å²) in [5.74, 6) is -0.0949. The number of anilines is 2. The number of nitrogens with one attached hydrogen (secondary N) is 3. The smallest absolute Gasteiger partial charge is 0.293 e. The van der Waals surface area contributed by atoms with Gasteiger partial charge < -0.3 is 25.0 Å². The Morgan fingerprint density at radius 2 is 1.62 bits per heavy atom. The number of aromatic amines is 1. The first kappa shape index (κ1) is 51.1. The van der Waals surface area contributed by atoms with E-state index >= 15 is 0 Å². The van der Waals surface area contributed by atoms with Crippen LogP contribution in [0.15, 0.2) is 125 Å². The number of piperazine rings is 1. The highest BCUT2D eigenvalue weighted by atomic mass is 32.2. The fraction of sp³-hybridized carbons (Fsp3) is 0.418. The second kappa shape index (κ2) is 20.4. The van der Waals surface area contributed by atoms with Crippen LogP contribution in [0.4, 0.5) is 17.1 Å². The first-order valence-corrected chi connectivity index (χ1v) is 28.5. The zero-order valence-corrected chi connectivity index (χ0v) is 43.6. The molecule has 2 aromatic heterocycles. The minimum atomic E-state index is -4.61. The van der Waals surface area contributed by atoms with Crippen LogP contribution < -0.4 is 19.7 Å². The number of rotatable bonds is 15. The number of sulfonamides is 2. The number of carbonyl (C=O) groups excluding carboxylic acids is 1. The van der Waals surface area contributed by atoms with Crippen LogP contribution >= 0.6 is 0 Å². The van der Waals surface area contributed by atoms with E-state index in [0.29, 0.717) is 61.4 Å². The van der Waals surface area contributed by atoms with Crippen molar-refractivity contribution in [3.63, 3.8) is 0 Å². The largest absolute Gasteiger partial charge is 0.455 e. The van der Waals surface area contributed by atoms with Gasteiger partial charge in [0.15, 0.2) is 0 Å². The van der Waals surface area contributed by atoms with Crippen LogP contribution in [0.2, 0.25) is 0 Å². The van der Waals surface area contributed by atoms with Crippen molar-refractivity contribution >= 4 is 54.0 Å². The lowest BCUT2D eigenvalue weighted by molar-refractivity contribution is -0.384. The van der Waals surface area contributed by atoms with Crippen molar-refractivity contribution in [2.75, 3.05) is 49.5 Å². The number of nitrogens with zero attached hydrogens (tertiary/aromatic N) is 5. The molecule has 2 saturated carbocycles. The van der Waals surface area contributed by atoms with Crippen LogP contribution in [0.3, 0.4) is 0 Å². The Kier molecular flexibility index (Phi) is 14.1. The van der Waals surface area contributed by atoms with Gasteiger partial charge in [0.2, 0.25) is 10.0 Å². The molecule has 390 valence electrons. The molecule has 4 aliphatic rings. The van der Waals surface area contributed by atoms with Gasteiger partial charge in [0, 0.05) is 80.8 Å². The number of aliphatic hydroxyl groups is 1. The summed E-state index contributed by atoms with van der Waals surface area (Å²) in [7, 11) is -8.30. The summed E-state index contributed by atoms with van der Waals surface area (Å²) in [6.45, 7) is 9.47. The SMILES string of the molecule is CC(C)c1ccccc1C1CN(S(=O)(=O)c2ccccc2)CCN1C1CC2(CCN(c3ccc(C(=O)NS(=O)(=O)c4ccc(NCC5CCC(C)(O)CC5)c([N+](=O)[O-])c4)c(Oc4cnc5[nH]ccc5c4)c3)CC2)C1. The molecule has 1 atom stereocenters. The fourth-order valence-corrected chi connectivity index (χ4v) is 14.1. The number of nitro groups is 1. The van der Waals surface area contributed by atoms with Gasteiger partial charge in [-0.3, -0.25) is 19.8 Å². The molecule has 1 amide bonds. The molecule has 2 aliphatic carbocycles. The number of carbonyl (C=O) groups is 1. The Bertz CT molecular complexity index is 3270. The van der Waals surface area contributed by atoms with Crippen molar-refractivity contribution in [3.05, 3.63) is 142 Å². The van der Waals surface area contributed by atoms with E-state index in [2.05, 4.69) is 67.9 Å². The molecule has 10 rings (SSSR count). The van der Waals surface area contributed by atoms with Gasteiger partial charge in [-0.25, -0.2) is 26.5 Å². The molecule has 4 N–H and O–H groups in total. The zero-order valence-electron chi connectivity index (χ0n) is 41.9. The Morgan fingerprint density at radius 3 is 2.35 bits per heavy atom. The minimum absolute atomic E-state index is 0.0636. The summed E-state index contributed by atoms with van der Waals surface area (Å²) in [4.78, 5) is 37.8.